The highest BCUT2D eigenvalue weighted by Crippen LogP contribution is 2.32. The maximum atomic E-state index is 13.0. The van der Waals surface area contributed by atoms with Crippen molar-refractivity contribution in [3.63, 3.8) is 0 Å². The highest BCUT2D eigenvalue weighted by Gasteiger charge is 2.30. The summed E-state index contributed by atoms with van der Waals surface area (Å²) >= 11 is 0. The summed E-state index contributed by atoms with van der Waals surface area (Å²) < 4.78 is 39.0. The second kappa shape index (κ2) is 10.5. The summed E-state index contributed by atoms with van der Waals surface area (Å²) in [7, 11) is 0. The van der Waals surface area contributed by atoms with E-state index in [1.807, 2.05) is 54.6 Å². The van der Waals surface area contributed by atoms with Gasteiger partial charge in [0.25, 0.3) is 5.91 Å². The first-order valence-electron chi connectivity index (χ1n) is 11.2. The number of carboxylic acid groups (broad SMARTS) is 1. The lowest BCUT2D eigenvalue weighted by atomic mass is 10.00. The Bertz CT molecular complexity index is 1350. The van der Waals surface area contributed by atoms with Gasteiger partial charge in [0.1, 0.15) is 6.04 Å². The van der Waals surface area contributed by atoms with Gasteiger partial charge in [-0.25, -0.2) is 4.79 Å². The Hall–Kier alpha value is -4.39. The smallest absolute Gasteiger partial charge is 0.416 e. The molecule has 4 rings (SSSR count). The van der Waals surface area contributed by atoms with Crippen LogP contribution in [0.1, 0.15) is 21.5 Å². The van der Waals surface area contributed by atoms with Gasteiger partial charge in [-0.2, -0.15) is 13.2 Å². The number of carbonyl (C=O) groups is 2. The Morgan fingerprint density at radius 3 is 1.89 bits per heavy atom. The first-order chi connectivity index (χ1) is 17.2. The van der Waals surface area contributed by atoms with Crippen molar-refractivity contribution in [2.75, 3.05) is 0 Å². The summed E-state index contributed by atoms with van der Waals surface area (Å²) in [6.07, 6.45) is -4.36. The van der Waals surface area contributed by atoms with Gasteiger partial charge in [-0.05, 0) is 52.1 Å². The molecule has 1 unspecified atom stereocenters. The van der Waals surface area contributed by atoms with Gasteiger partial charge in [-0.1, -0.05) is 78.9 Å². The van der Waals surface area contributed by atoms with Gasteiger partial charge in [0.15, 0.2) is 0 Å². The zero-order chi connectivity index (χ0) is 25.7. The topological polar surface area (TPSA) is 66.4 Å². The molecule has 0 spiro atoms. The fourth-order valence-electron chi connectivity index (χ4n) is 3.83. The molecule has 1 atom stereocenters. The van der Waals surface area contributed by atoms with Crippen LogP contribution in [-0.4, -0.2) is 23.0 Å². The first kappa shape index (κ1) is 24.7. The second-order valence-electron chi connectivity index (χ2n) is 8.29. The van der Waals surface area contributed by atoms with Crippen LogP contribution in [0, 0.1) is 0 Å². The van der Waals surface area contributed by atoms with Crippen LogP contribution in [0.3, 0.4) is 0 Å². The molecular formula is C29H22F3NO3. The minimum atomic E-state index is -4.45. The van der Waals surface area contributed by atoms with Crippen molar-refractivity contribution in [3.8, 4) is 22.3 Å². The number of amides is 1. The summed E-state index contributed by atoms with van der Waals surface area (Å²) in [6, 6.07) is 26.9. The van der Waals surface area contributed by atoms with Gasteiger partial charge in [0.2, 0.25) is 0 Å². The van der Waals surface area contributed by atoms with E-state index in [2.05, 4.69) is 5.32 Å². The van der Waals surface area contributed by atoms with Crippen LogP contribution in [0.15, 0.2) is 103 Å². The predicted octanol–water partition coefficient (Wildman–Crippen LogP) is 6.47. The predicted molar refractivity (Wildman–Crippen MR) is 131 cm³/mol. The van der Waals surface area contributed by atoms with Crippen molar-refractivity contribution in [1.82, 2.24) is 5.32 Å². The highest BCUT2D eigenvalue weighted by atomic mass is 19.4. The zero-order valence-electron chi connectivity index (χ0n) is 19.0. The van der Waals surface area contributed by atoms with Gasteiger partial charge in [0.05, 0.1) is 5.56 Å². The quantitative estimate of drug-likeness (QED) is 0.313. The number of benzene rings is 4. The fraction of sp³-hybridized carbons (Fsp3) is 0.103. The number of aliphatic carboxylic acids is 1. The lowest BCUT2D eigenvalue weighted by molar-refractivity contribution is -0.139. The van der Waals surface area contributed by atoms with E-state index >= 15 is 0 Å². The number of carboxylic acids is 1. The molecule has 0 heterocycles. The van der Waals surface area contributed by atoms with Crippen LogP contribution < -0.4 is 5.32 Å². The van der Waals surface area contributed by atoms with E-state index < -0.39 is 29.7 Å². The number of rotatable bonds is 7. The zero-order valence-corrected chi connectivity index (χ0v) is 19.0. The van der Waals surface area contributed by atoms with Crippen LogP contribution in [0.5, 0.6) is 0 Å². The van der Waals surface area contributed by atoms with Crippen molar-refractivity contribution in [2.24, 2.45) is 0 Å². The minimum Gasteiger partial charge on any atom is -0.480 e. The number of alkyl halides is 3. The first-order valence-corrected chi connectivity index (χ1v) is 11.2. The number of hydrogen-bond acceptors (Lipinski definition) is 2. The third-order valence-corrected chi connectivity index (χ3v) is 5.77. The van der Waals surface area contributed by atoms with E-state index in [9.17, 15) is 27.9 Å². The fourth-order valence-corrected chi connectivity index (χ4v) is 3.83. The van der Waals surface area contributed by atoms with Crippen LogP contribution >= 0.6 is 0 Å². The molecule has 4 aromatic carbocycles. The molecule has 36 heavy (non-hydrogen) atoms. The molecule has 0 bridgehead atoms. The normalized spacial score (nSPS) is 12.1. The maximum Gasteiger partial charge on any atom is 0.416 e. The summed E-state index contributed by atoms with van der Waals surface area (Å²) in [4.78, 5) is 24.5. The molecule has 0 fully saturated rings. The van der Waals surface area contributed by atoms with Gasteiger partial charge >= 0.3 is 12.1 Å². The Morgan fingerprint density at radius 1 is 0.722 bits per heavy atom. The molecule has 0 saturated carbocycles. The Labute approximate surface area is 206 Å². The van der Waals surface area contributed by atoms with E-state index in [0.717, 1.165) is 28.8 Å². The minimum absolute atomic E-state index is 0.0957. The van der Waals surface area contributed by atoms with Crippen LogP contribution in [0.2, 0.25) is 0 Å². The average molecular weight is 489 g/mol. The Morgan fingerprint density at radius 2 is 1.28 bits per heavy atom. The summed E-state index contributed by atoms with van der Waals surface area (Å²) in [6.45, 7) is 0. The third-order valence-electron chi connectivity index (χ3n) is 5.77. The molecule has 7 heteroatoms. The maximum absolute atomic E-state index is 13.0. The van der Waals surface area contributed by atoms with E-state index in [4.69, 9.17) is 0 Å². The summed E-state index contributed by atoms with van der Waals surface area (Å²) in [5.74, 6) is -1.75. The standard InChI is InChI=1S/C29H22F3NO3/c30-29(31,32)25-8-4-7-24(18-25)22-13-15-23(16-14-22)27(34)33-26(28(35)36)17-19-9-11-21(12-10-19)20-5-2-1-3-6-20/h1-16,18,26H,17H2,(H,33,34)(H,35,36). The molecule has 0 aromatic heterocycles. The number of carbonyl (C=O) groups excluding carboxylic acids is 1. The molecule has 4 aromatic rings. The summed E-state index contributed by atoms with van der Waals surface area (Å²) in [5, 5.41) is 12.2. The van der Waals surface area contributed by atoms with Crippen molar-refractivity contribution in [2.45, 2.75) is 18.6 Å². The molecule has 0 aliphatic heterocycles. The van der Waals surface area contributed by atoms with E-state index in [1.54, 1.807) is 6.07 Å². The lowest BCUT2D eigenvalue weighted by Crippen LogP contribution is -2.42. The van der Waals surface area contributed by atoms with E-state index in [-0.39, 0.29) is 12.0 Å². The molecule has 0 aliphatic carbocycles. The molecule has 182 valence electrons. The van der Waals surface area contributed by atoms with Crippen molar-refractivity contribution >= 4 is 11.9 Å². The number of halogens is 3. The van der Waals surface area contributed by atoms with E-state index in [0.29, 0.717) is 11.1 Å². The van der Waals surface area contributed by atoms with Crippen LogP contribution in [-0.2, 0) is 17.4 Å². The van der Waals surface area contributed by atoms with Gasteiger partial charge in [-0.3, -0.25) is 4.79 Å². The van der Waals surface area contributed by atoms with Crippen molar-refractivity contribution in [1.29, 1.82) is 0 Å². The van der Waals surface area contributed by atoms with Crippen LogP contribution in [0.4, 0.5) is 13.2 Å². The van der Waals surface area contributed by atoms with Gasteiger partial charge in [0, 0.05) is 12.0 Å². The number of nitrogens with one attached hydrogen (secondary N) is 1. The largest absolute Gasteiger partial charge is 0.480 e. The van der Waals surface area contributed by atoms with E-state index in [1.165, 1.54) is 30.3 Å². The second-order valence-corrected chi connectivity index (χ2v) is 8.29. The lowest BCUT2D eigenvalue weighted by Gasteiger charge is -2.15. The molecule has 1 amide bonds. The molecule has 0 saturated heterocycles. The SMILES string of the molecule is O=C(NC(Cc1ccc(-c2ccccc2)cc1)C(=O)O)c1ccc(-c2cccc(C(F)(F)F)c2)cc1. The summed E-state index contributed by atoms with van der Waals surface area (Å²) in [5.41, 5.74) is 3.10. The molecular weight excluding hydrogens is 467 g/mol. The Balaban J connectivity index is 1.44. The van der Waals surface area contributed by atoms with Gasteiger partial charge in [-0.15, -0.1) is 0 Å². The third kappa shape index (κ3) is 5.99. The average Bonchev–Trinajstić information content (AvgIpc) is 2.89. The molecule has 4 nitrogen and oxygen atoms in total. The molecule has 2 N–H and O–H groups in total. The van der Waals surface area contributed by atoms with Crippen molar-refractivity contribution < 1.29 is 27.9 Å². The van der Waals surface area contributed by atoms with Gasteiger partial charge < -0.3 is 10.4 Å². The molecule has 0 radical (unpaired) electrons. The Kier molecular flexibility index (Phi) is 7.20. The van der Waals surface area contributed by atoms with Crippen LogP contribution in [0.25, 0.3) is 22.3 Å². The highest BCUT2D eigenvalue weighted by molar-refractivity contribution is 5.97. The number of hydrogen-bond donors (Lipinski definition) is 2. The molecule has 0 aliphatic rings. The van der Waals surface area contributed by atoms with Crippen molar-refractivity contribution in [3.05, 3.63) is 120 Å². The monoisotopic (exact) mass is 489 g/mol.